The van der Waals surface area contributed by atoms with Crippen molar-refractivity contribution in [1.29, 1.82) is 5.26 Å². The first-order valence-corrected chi connectivity index (χ1v) is 7.33. The standard InChI is InChI=1S/C18H19N3O3/c1-21(2)17-9-8-16(24-17)10-14(11-19)18(22)20-12-13-4-6-15(23-3)7-5-13/h4-10H,12H2,1-3H3,(H,20,22)/b14-10-. The van der Waals surface area contributed by atoms with Crippen LogP contribution in [-0.2, 0) is 11.3 Å². The van der Waals surface area contributed by atoms with Crippen LogP contribution in [0.2, 0.25) is 0 Å². The van der Waals surface area contributed by atoms with E-state index in [-0.39, 0.29) is 5.57 Å². The Bertz CT molecular complexity index is 768. The molecule has 2 rings (SSSR count). The summed E-state index contributed by atoms with van der Waals surface area (Å²) in [6.45, 7) is 0.322. The summed E-state index contributed by atoms with van der Waals surface area (Å²) in [4.78, 5) is 13.9. The predicted octanol–water partition coefficient (Wildman–Crippen LogP) is 2.58. The summed E-state index contributed by atoms with van der Waals surface area (Å²) in [6.07, 6.45) is 1.43. The van der Waals surface area contributed by atoms with Gasteiger partial charge in [0.1, 0.15) is 23.2 Å². The van der Waals surface area contributed by atoms with E-state index in [4.69, 9.17) is 9.15 Å². The van der Waals surface area contributed by atoms with Crippen molar-refractivity contribution in [1.82, 2.24) is 5.32 Å². The summed E-state index contributed by atoms with van der Waals surface area (Å²) in [7, 11) is 5.29. The van der Waals surface area contributed by atoms with Gasteiger partial charge in [-0.05, 0) is 23.8 Å². The number of methoxy groups -OCH3 is 1. The van der Waals surface area contributed by atoms with E-state index in [1.165, 1.54) is 6.08 Å². The van der Waals surface area contributed by atoms with Gasteiger partial charge in [0.25, 0.3) is 5.91 Å². The van der Waals surface area contributed by atoms with Gasteiger partial charge in [0.05, 0.1) is 7.11 Å². The molecule has 124 valence electrons. The van der Waals surface area contributed by atoms with E-state index in [2.05, 4.69) is 5.32 Å². The van der Waals surface area contributed by atoms with Crippen molar-refractivity contribution in [3.8, 4) is 11.8 Å². The van der Waals surface area contributed by atoms with E-state index >= 15 is 0 Å². The second kappa shape index (κ2) is 7.88. The number of hydrogen-bond acceptors (Lipinski definition) is 5. The van der Waals surface area contributed by atoms with E-state index in [1.54, 1.807) is 24.1 Å². The molecule has 0 unspecified atom stereocenters. The normalized spacial score (nSPS) is 10.8. The zero-order valence-corrected chi connectivity index (χ0v) is 13.9. The van der Waals surface area contributed by atoms with Crippen LogP contribution in [0.3, 0.4) is 0 Å². The molecule has 0 spiro atoms. The fourth-order valence-electron chi connectivity index (χ4n) is 1.97. The van der Waals surface area contributed by atoms with Crippen LogP contribution < -0.4 is 15.0 Å². The van der Waals surface area contributed by atoms with Gasteiger partial charge in [0.2, 0.25) is 0 Å². The van der Waals surface area contributed by atoms with Crippen LogP contribution >= 0.6 is 0 Å². The Hall–Kier alpha value is -3.20. The first-order valence-electron chi connectivity index (χ1n) is 7.33. The van der Waals surface area contributed by atoms with Crippen LogP contribution in [0, 0.1) is 11.3 Å². The van der Waals surface area contributed by atoms with Crippen molar-refractivity contribution in [3.05, 3.63) is 53.3 Å². The Kier molecular flexibility index (Phi) is 5.63. The minimum Gasteiger partial charge on any atom is -0.497 e. The number of ether oxygens (including phenoxy) is 1. The van der Waals surface area contributed by atoms with Gasteiger partial charge in [0, 0.05) is 32.8 Å². The summed E-state index contributed by atoms with van der Waals surface area (Å²) >= 11 is 0. The van der Waals surface area contributed by atoms with Crippen LogP contribution in [-0.4, -0.2) is 27.1 Å². The number of carbonyl (C=O) groups is 1. The molecule has 2 aromatic rings. The number of anilines is 1. The molecule has 0 aliphatic rings. The van der Waals surface area contributed by atoms with Crippen molar-refractivity contribution in [2.75, 3.05) is 26.1 Å². The lowest BCUT2D eigenvalue weighted by Crippen LogP contribution is -2.23. The minimum atomic E-state index is -0.448. The maximum atomic E-state index is 12.1. The molecule has 0 aliphatic carbocycles. The Labute approximate surface area is 140 Å². The lowest BCUT2D eigenvalue weighted by molar-refractivity contribution is -0.117. The Morgan fingerprint density at radius 1 is 1.29 bits per heavy atom. The number of amides is 1. The van der Waals surface area contributed by atoms with E-state index in [0.29, 0.717) is 18.2 Å². The SMILES string of the molecule is COc1ccc(CNC(=O)/C(C#N)=C\c2ccc(N(C)C)o2)cc1. The predicted molar refractivity (Wildman–Crippen MR) is 91.5 cm³/mol. The van der Waals surface area contributed by atoms with E-state index in [1.807, 2.05) is 44.4 Å². The number of hydrogen-bond donors (Lipinski definition) is 1. The molecule has 6 heteroatoms. The van der Waals surface area contributed by atoms with Crippen LogP contribution in [0.15, 0.2) is 46.4 Å². The van der Waals surface area contributed by atoms with Crippen molar-refractivity contribution < 1.29 is 13.9 Å². The molecule has 1 aromatic carbocycles. The highest BCUT2D eigenvalue weighted by molar-refractivity contribution is 6.01. The number of nitriles is 1. The molecule has 1 N–H and O–H groups in total. The molecule has 1 heterocycles. The number of furan rings is 1. The number of nitrogens with zero attached hydrogens (tertiary/aromatic N) is 2. The first-order chi connectivity index (χ1) is 11.5. The fourth-order valence-corrected chi connectivity index (χ4v) is 1.97. The summed E-state index contributed by atoms with van der Waals surface area (Å²) in [5, 5.41) is 11.9. The monoisotopic (exact) mass is 325 g/mol. The molecular weight excluding hydrogens is 306 g/mol. The molecule has 0 atom stereocenters. The molecule has 0 aliphatic heterocycles. The van der Waals surface area contributed by atoms with Crippen LogP contribution in [0.1, 0.15) is 11.3 Å². The third-order valence-electron chi connectivity index (χ3n) is 3.32. The molecule has 0 bridgehead atoms. The van der Waals surface area contributed by atoms with Gasteiger partial charge in [0.15, 0.2) is 5.88 Å². The van der Waals surface area contributed by atoms with Gasteiger partial charge in [-0.2, -0.15) is 5.26 Å². The lowest BCUT2D eigenvalue weighted by atomic mass is 10.2. The Balaban J connectivity index is 2.02. The third kappa shape index (κ3) is 4.40. The van der Waals surface area contributed by atoms with Crippen molar-refractivity contribution in [3.63, 3.8) is 0 Å². The minimum absolute atomic E-state index is 0.0110. The zero-order chi connectivity index (χ0) is 17.5. The second-order valence-corrected chi connectivity index (χ2v) is 5.27. The van der Waals surface area contributed by atoms with Crippen molar-refractivity contribution >= 4 is 17.9 Å². The van der Waals surface area contributed by atoms with Crippen molar-refractivity contribution in [2.24, 2.45) is 0 Å². The average Bonchev–Trinajstić information content (AvgIpc) is 3.07. The van der Waals surface area contributed by atoms with Gasteiger partial charge in [-0.25, -0.2) is 0 Å². The summed E-state index contributed by atoms with van der Waals surface area (Å²) in [5.41, 5.74) is 0.900. The number of benzene rings is 1. The van der Waals surface area contributed by atoms with E-state index < -0.39 is 5.91 Å². The Morgan fingerprint density at radius 3 is 2.54 bits per heavy atom. The zero-order valence-electron chi connectivity index (χ0n) is 13.9. The van der Waals surface area contributed by atoms with E-state index in [9.17, 15) is 10.1 Å². The van der Waals surface area contributed by atoms with Gasteiger partial charge >= 0.3 is 0 Å². The molecular formula is C18H19N3O3. The molecule has 0 fully saturated rings. The van der Waals surface area contributed by atoms with Crippen LogP contribution in [0.5, 0.6) is 5.75 Å². The highest BCUT2D eigenvalue weighted by Gasteiger charge is 2.11. The number of nitrogens with one attached hydrogen (secondary N) is 1. The molecule has 6 nitrogen and oxygen atoms in total. The quantitative estimate of drug-likeness (QED) is 0.652. The van der Waals surface area contributed by atoms with Crippen molar-refractivity contribution in [2.45, 2.75) is 6.54 Å². The van der Waals surface area contributed by atoms with Gasteiger partial charge in [-0.1, -0.05) is 12.1 Å². The maximum absolute atomic E-state index is 12.1. The molecule has 24 heavy (non-hydrogen) atoms. The molecule has 1 amide bonds. The van der Waals surface area contributed by atoms with Gasteiger partial charge in [-0.15, -0.1) is 0 Å². The fraction of sp³-hybridized carbons (Fsp3) is 0.222. The smallest absolute Gasteiger partial charge is 0.262 e. The molecule has 1 aromatic heterocycles. The molecule has 0 radical (unpaired) electrons. The van der Waals surface area contributed by atoms with Gasteiger partial charge < -0.3 is 19.4 Å². The summed E-state index contributed by atoms with van der Waals surface area (Å²) in [6, 6.07) is 12.7. The number of carbonyl (C=O) groups excluding carboxylic acids is 1. The van der Waals surface area contributed by atoms with Crippen LogP contribution in [0.4, 0.5) is 5.88 Å². The Morgan fingerprint density at radius 2 is 2.00 bits per heavy atom. The highest BCUT2D eigenvalue weighted by Crippen LogP contribution is 2.18. The van der Waals surface area contributed by atoms with E-state index in [0.717, 1.165) is 11.3 Å². The average molecular weight is 325 g/mol. The first kappa shape index (κ1) is 17.2. The molecule has 0 saturated carbocycles. The summed E-state index contributed by atoms with van der Waals surface area (Å²) < 4.78 is 10.6. The third-order valence-corrected chi connectivity index (χ3v) is 3.32. The molecule has 0 saturated heterocycles. The van der Waals surface area contributed by atoms with Gasteiger partial charge in [-0.3, -0.25) is 4.79 Å². The second-order valence-electron chi connectivity index (χ2n) is 5.27. The summed E-state index contributed by atoms with van der Waals surface area (Å²) in [5.74, 6) is 1.40. The highest BCUT2D eigenvalue weighted by atomic mass is 16.5. The lowest BCUT2D eigenvalue weighted by Gasteiger charge is -2.06. The van der Waals surface area contributed by atoms with Crippen LogP contribution in [0.25, 0.3) is 6.08 Å². The maximum Gasteiger partial charge on any atom is 0.262 e. The number of rotatable bonds is 6. The topological polar surface area (TPSA) is 78.5 Å². The largest absolute Gasteiger partial charge is 0.497 e.